The van der Waals surface area contributed by atoms with Gasteiger partial charge in [0.15, 0.2) is 5.78 Å². The van der Waals surface area contributed by atoms with Gasteiger partial charge in [0.2, 0.25) is 0 Å². The summed E-state index contributed by atoms with van der Waals surface area (Å²) in [5.41, 5.74) is 2.12. The first kappa shape index (κ1) is 17.9. The monoisotopic (exact) mass is 341 g/mol. The smallest absolute Gasteiger partial charge is 0.323 e. The van der Waals surface area contributed by atoms with Crippen LogP contribution in [-0.4, -0.2) is 42.9 Å². The van der Waals surface area contributed by atoms with Crippen molar-refractivity contribution in [2.75, 3.05) is 20.2 Å². The highest BCUT2D eigenvalue weighted by molar-refractivity contribution is 6.00. The molecule has 1 heterocycles. The predicted octanol–water partition coefficient (Wildman–Crippen LogP) is 3.02. The molecule has 0 spiro atoms. The Balaban J connectivity index is 1.71. The second-order valence-electron chi connectivity index (χ2n) is 7.11. The Morgan fingerprint density at radius 2 is 2.04 bits per heavy atom. The van der Waals surface area contributed by atoms with Crippen LogP contribution >= 0.6 is 0 Å². The molecule has 0 aromatic heterocycles. The Hall–Kier alpha value is -1.94. The summed E-state index contributed by atoms with van der Waals surface area (Å²) in [6.07, 6.45) is 5.85. The molecular weight excluding hydrogens is 314 g/mol. The lowest BCUT2D eigenvalue weighted by atomic mass is 9.97. The minimum Gasteiger partial charge on any atom is -0.468 e. The van der Waals surface area contributed by atoms with E-state index in [9.17, 15) is 9.59 Å². The van der Waals surface area contributed by atoms with Gasteiger partial charge in [0.05, 0.1) is 7.11 Å². The molecule has 2 aliphatic rings. The number of hydrogen-bond acceptors (Lipinski definition) is 4. The Morgan fingerprint density at radius 1 is 1.28 bits per heavy atom. The molecular formula is C21H27NO3. The molecule has 0 radical (unpaired) electrons. The van der Waals surface area contributed by atoms with Gasteiger partial charge in [0.25, 0.3) is 0 Å². The lowest BCUT2D eigenvalue weighted by molar-refractivity contribution is -0.146. The van der Waals surface area contributed by atoms with E-state index in [-0.39, 0.29) is 23.8 Å². The topological polar surface area (TPSA) is 46.6 Å². The molecule has 1 aliphatic heterocycles. The van der Waals surface area contributed by atoms with E-state index in [4.69, 9.17) is 4.74 Å². The largest absolute Gasteiger partial charge is 0.468 e. The maximum absolute atomic E-state index is 12.6. The van der Waals surface area contributed by atoms with Crippen molar-refractivity contribution in [1.82, 2.24) is 4.90 Å². The Kier molecular flexibility index (Phi) is 5.69. The predicted molar refractivity (Wildman–Crippen MR) is 97.1 cm³/mol. The van der Waals surface area contributed by atoms with Crippen LogP contribution in [0.5, 0.6) is 0 Å². The third kappa shape index (κ3) is 3.84. The minimum atomic E-state index is -0.321. The molecule has 25 heavy (non-hydrogen) atoms. The number of likely N-dealkylation sites (tertiary alicyclic amines) is 1. The van der Waals surface area contributed by atoms with Gasteiger partial charge in [-0.15, -0.1) is 0 Å². The van der Waals surface area contributed by atoms with E-state index in [0.29, 0.717) is 18.7 Å². The number of unbranched alkanes of at least 4 members (excludes halogenated alkanes) is 1. The average molecular weight is 341 g/mol. The van der Waals surface area contributed by atoms with Crippen LogP contribution in [0.3, 0.4) is 0 Å². The van der Waals surface area contributed by atoms with Crippen molar-refractivity contribution in [1.29, 1.82) is 0 Å². The van der Waals surface area contributed by atoms with Gasteiger partial charge in [-0.2, -0.15) is 0 Å². The number of fused-ring (bicyclic) bond motifs is 1. The molecule has 0 N–H and O–H groups in total. The molecule has 0 saturated carbocycles. The summed E-state index contributed by atoms with van der Waals surface area (Å²) in [6, 6.07) is 9.67. The van der Waals surface area contributed by atoms with Crippen molar-refractivity contribution >= 4 is 11.8 Å². The first-order valence-corrected chi connectivity index (χ1v) is 9.24. The van der Waals surface area contributed by atoms with Gasteiger partial charge in [-0.3, -0.25) is 14.5 Å². The number of rotatable bonds is 7. The summed E-state index contributed by atoms with van der Waals surface area (Å²) in [4.78, 5) is 27.1. The average Bonchev–Trinajstić information content (AvgIpc) is 3.17. The fourth-order valence-electron chi connectivity index (χ4n) is 4.05. The van der Waals surface area contributed by atoms with Crippen molar-refractivity contribution < 1.29 is 14.3 Å². The lowest BCUT2D eigenvalue weighted by Crippen LogP contribution is -2.42. The highest BCUT2D eigenvalue weighted by Crippen LogP contribution is 2.37. The van der Waals surface area contributed by atoms with Gasteiger partial charge < -0.3 is 4.74 Å². The van der Waals surface area contributed by atoms with E-state index in [2.05, 4.69) is 17.9 Å². The summed E-state index contributed by atoms with van der Waals surface area (Å²) in [5, 5.41) is 0. The first-order valence-electron chi connectivity index (χ1n) is 9.24. The number of allylic oxidation sites excluding steroid dienone is 1. The van der Waals surface area contributed by atoms with E-state index in [1.807, 2.05) is 30.3 Å². The number of esters is 1. The van der Waals surface area contributed by atoms with Gasteiger partial charge >= 0.3 is 5.97 Å². The summed E-state index contributed by atoms with van der Waals surface area (Å²) < 4.78 is 5.04. The molecule has 1 aliphatic carbocycles. The van der Waals surface area contributed by atoms with Gasteiger partial charge in [0, 0.05) is 24.9 Å². The molecule has 4 nitrogen and oxygen atoms in total. The van der Waals surface area contributed by atoms with Crippen molar-refractivity contribution in [3.05, 3.63) is 47.5 Å². The Bertz CT molecular complexity index is 652. The van der Waals surface area contributed by atoms with Crippen LogP contribution < -0.4 is 0 Å². The van der Waals surface area contributed by atoms with E-state index in [0.717, 1.165) is 36.9 Å². The SMILES string of the molecule is CCCCC1=C[C@H]2CN(C(Cc3ccccc3)C(=O)OC)C[C@H]2C1=O. The summed E-state index contributed by atoms with van der Waals surface area (Å²) in [5.74, 6) is 0.354. The number of ether oxygens (including phenoxy) is 1. The van der Waals surface area contributed by atoms with Crippen LogP contribution in [0.4, 0.5) is 0 Å². The molecule has 134 valence electrons. The fourth-order valence-corrected chi connectivity index (χ4v) is 4.05. The number of Topliss-reactive ketones (excluding diaryl/α,β-unsaturated/α-hetero) is 1. The number of hydrogen-bond donors (Lipinski definition) is 0. The highest BCUT2D eigenvalue weighted by Gasteiger charge is 2.45. The quantitative estimate of drug-likeness (QED) is 0.715. The fraction of sp³-hybridized carbons (Fsp3) is 0.524. The zero-order valence-electron chi connectivity index (χ0n) is 15.1. The number of ketones is 1. The zero-order valence-corrected chi connectivity index (χ0v) is 15.1. The molecule has 1 fully saturated rings. The van der Waals surface area contributed by atoms with Crippen LogP contribution in [0.1, 0.15) is 31.7 Å². The minimum absolute atomic E-state index is 0.0229. The van der Waals surface area contributed by atoms with Crippen molar-refractivity contribution in [2.45, 2.75) is 38.6 Å². The normalized spacial score (nSPS) is 24.1. The van der Waals surface area contributed by atoms with Crippen LogP contribution in [0.2, 0.25) is 0 Å². The molecule has 1 aromatic carbocycles. The molecule has 1 aromatic rings. The first-order chi connectivity index (χ1) is 12.1. The van der Waals surface area contributed by atoms with E-state index in [1.165, 1.54) is 7.11 Å². The van der Waals surface area contributed by atoms with Crippen molar-refractivity contribution in [2.24, 2.45) is 11.8 Å². The third-order valence-corrected chi connectivity index (χ3v) is 5.45. The standard InChI is InChI=1S/C21H27NO3/c1-3-4-10-16-12-17-13-22(14-18(17)20(16)23)19(21(24)25-2)11-15-8-6-5-7-9-15/h5-9,12,17-19H,3-4,10-11,13-14H2,1-2H3/t17-,18+,19?/m0/s1. The Morgan fingerprint density at radius 3 is 2.68 bits per heavy atom. The van der Waals surface area contributed by atoms with Crippen LogP contribution in [-0.2, 0) is 20.7 Å². The maximum Gasteiger partial charge on any atom is 0.323 e. The number of nitrogens with zero attached hydrogens (tertiary/aromatic N) is 1. The maximum atomic E-state index is 12.6. The summed E-state index contributed by atoms with van der Waals surface area (Å²) in [6.45, 7) is 3.56. The molecule has 4 heteroatoms. The van der Waals surface area contributed by atoms with Gasteiger partial charge in [-0.25, -0.2) is 0 Å². The number of benzene rings is 1. The zero-order chi connectivity index (χ0) is 17.8. The number of carbonyl (C=O) groups excluding carboxylic acids is 2. The molecule has 1 saturated heterocycles. The third-order valence-electron chi connectivity index (χ3n) is 5.45. The second-order valence-corrected chi connectivity index (χ2v) is 7.11. The van der Waals surface area contributed by atoms with Gasteiger partial charge in [-0.1, -0.05) is 49.8 Å². The molecule has 3 atom stereocenters. The second kappa shape index (κ2) is 7.96. The van der Waals surface area contributed by atoms with Crippen LogP contribution in [0.25, 0.3) is 0 Å². The van der Waals surface area contributed by atoms with Gasteiger partial charge in [-0.05, 0) is 30.4 Å². The molecule has 0 amide bonds. The highest BCUT2D eigenvalue weighted by atomic mass is 16.5. The van der Waals surface area contributed by atoms with Crippen molar-refractivity contribution in [3.63, 3.8) is 0 Å². The molecule has 0 bridgehead atoms. The van der Waals surface area contributed by atoms with Crippen LogP contribution in [0, 0.1) is 11.8 Å². The van der Waals surface area contributed by atoms with E-state index >= 15 is 0 Å². The lowest BCUT2D eigenvalue weighted by Gasteiger charge is -2.26. The molecule has 3 rings (SSSR count). The van der Waals surface area contributed by atoms with Crippen molar-refractivity contribution in [3.8, 4) is 0 Å². The van der Waals surface area contributed by atoms with E-state index < -0.39 is 0 Å². The van der Waals surface area contributed by atoms with E-state index in [1.54, 1.807) is 0 Å². The number of methoxy groups -OCH3 is 1. The van der Waals surface area contributed by atoms with Gasteiger partial charge in [0.1, 0.15) is 6.04 Å². The molecule has 1 unspecified atom stereocenters. The summed E-state index contributed by atoms with van der Waals surface area (Å²) in [7, 11) is 1.44. The number of carbonyl (C=O) groups is 2. The Labute approximate surface area is 149 Å². The van der Waals surface area contributed by atoms with Crippen LogP contribution in [0.15, 0.2) is 42.0 Å². The summed E-state index contributed by atoms with van der Waals surface area (Å²) >= 11 is 0.